The van der Waals surface area contributed by atoms with E-state index in [9.17, 15) is 0 Å². The summed E-state index contributed by atoms with van der Waals surface area (Å²) in [6.07, 6.45) is 2.31. The lowest BCUT2D eigenvalue weighted by atomic mass is 9.79. The zero-order valence-electron chi connectivity index (χ0n) is 14.8. The molecule has 1 heterocycles. The van der Waals surface area contributed by atoms with Crippen LogP contribution in [-0.2, 0) is 9.47 Å². The predicted molar refractivity (Wildman–Crippen MR) is 88.8 cm³/mol. The molecule has 1 saturated heterocycles. The molecule has 4 nitrogen and oxygen atoms in total. The van der Waals surface area contributed by atoms with E-state index in [-0.39, 0.29) is 5.54 Å². The first-order chi connectivity index (χ1) is 9.91. The van der Waals surface area contributed by atoms with Crippen LogP contribution in [0.5, 0.6) is 0 Å². The smallest absolute Gasteiger partial charge is 0.0593 e. The van der Waals surface area contributed by atoms with Crippen LogP contribution in [0.1, 0.15) is 47.5 Å². The molecule has 1 N–H and O–H groups in total. The highest BCUT2D eigenvalue weighted by molar-refractivity contribution is 4.89. The summed E-state index contributed by atoms with van der Waals surface area (Å²) in [5.74, 6) is 0. The molecule has 0 amide bonds. The highest BCUT2D eigenvalue weighted by Gasteiger charge is 2.34. The van der Waals surface area contributed by atoms with Crippen molar-refractivity contribution in [1.29, 1.82) is 0 Å². The first-order valence-corrected chi connectivity index (χ1v) is 8.54. The van der Waals surface area contributed by atoms with Gasteiger partial charge >= 0.3 is 0 Å². The molecular formula is C17H36N2O2. The molecule has 126 valence electrons. The van der Waals surface area contributed by atoms with Crippen LogP contribution in [0.4, 0.5) is 0 Å². The van der Waals surface area contributed by atoms with Crippen LogP contribution in [0, 0.1) is 5.41 Å². The Morgan fingerprint density at radius 3 is 2.38 bits per heavy atom. The molecule has 0 spiro atoms. The second-order valence-corrected chi connectivity index (χ2v) is 7.28. The maximum atomic E-state index is 5.60. The summed E-state index contributed by atoms with van der Waals surface area (Å²) < 4.78 is 11.1. The fraction of sp³-hybridized carbons (Fsp3) is 1.00. The normalized spacial score (nSPS) is 19.1. The van der Waals surface area contributed by atoms with Crippen molar-refractivity contribution < 1.29 is 9.47 Å². The Bertz CT molecular complexity index is 270. The van der Waals surface area contributed by atoms with E-state index in [1.165, 1.54) is 0 Å². The van der Waals surface area contributed by atoms with E-state index in [4.69, 9.17) is 9.47 Å². The highest BCUT2D eigenvalue weighted by atomic mass is 16.5. The molecule has 0 aromatic carbocycles. The molecule has 0 atom stereocenters. The van der Waals surface area contributed by atoms with Crippen molar-refractivity contribution in [2.24, 2.45) is 5.41 Å². The third kappa shape index (κ3) is 7.59. The van der Waals surface area contributed by atoms with Gasteiger partial charge in [-0.05, 0) is 52.5 Å². The Hall–Kier alpha value is -0.160. The average Bonchev–Trinajstić information content (AvgIpc) is 2.45. The molecule has 0 aromatic rings. The Balaban J connectivity index is 2.58. The van der Waals surface area contributed by atoms with Gasteiger partial charge in [-0.1, -0.05) is 6.92 Å². The van der Waals surface area contributed by atoms with Crippen molar-refractivity contribution in [3.05, 3.63) is 0 Å². The molecule has 1 aliphatic heterocycles. The topological polar surface area (TPSA) is 33.7 Å². The van der Waals surface area contributed by atoms with Gasteiger partial charge in [-0.25, -0.2) is 0 Å². The van der Waals surface area contributed by atoms with E-state index < -0.39 is 0 Å². The zero-order valence-corrected chi connectivity index (χ0v) is 14.8. The van der Waals surface area contributed by atoms with Crippen LogP contribution in [0.25, 0.3) is 0 Å². The third-order valence-corrected chi connectivity index (χ3v) is 4.31. The minimum absolute atomic E-state index is 0.174. The summed E-state index contributed by atoms with van der Waals surface area (Å²) in [6, 6.07) is 0. The van der Waals surface area contributed by atoms with Gasteiger partial charge in [-0.3, -0.25) is 0 Å². The highest BCUT2D eigenvalue weighted by Crippen LogP contribution is 2.31. The van der Waals surface area contributed by atoms with Crippen LogP contribution in [-0.4, -0.2) is 63.0 Å². The maximum absolute atomic E-state index is 5.60. The van der Waals surface area contributed by atoms with Gasteiger partial charge in [0.15, 0.2) is 0 Å². The molecule has 1 rings (SSSR count). The fourth-order valence-electron chi connectivity index (χ4n) is 2.81. The van der Waals surface area contributed by atoms with Gasteiger partial charge in [0.1, 0.15) is 0 Å². The molecular weight excluding hydrogens is 264 g/mol. The second-order valence-electron chi connectivity index (χ2n) is 7.28. The summed E-state index contributed by atoms with van der Waals surface area (Å²) >= 11 is 0. The van der Waals surface area contributed by atoms with Gasteiger partial charge in [0.2, 0.25) is 0 Å². The first kappa shape index (κ1) is 18.9. The van der Waals surface area contributed by atoms with Crippen LogP contribution in [0.3, 0.4) is 0 Å². The van der Waals surface area contributed by atoms with E-state index in [0.717, 1.165) is 65.4 Å². The van der Waals surface area contributed by atoms with Crippen molar-refractivity contribution in [1.82, 2.24) is 10.2 Å². The van der Waals surface area contributed by atoms with E-state index in [1.54, 1.807) is 0 Å². The van der Waals surface area contributed by atoms with Gasteiger partial charge < -0.3 is 19.7 Å². The number of ether oxygens (including phenoxy) is 2. The predicted octanol–water partition coefficient (Wildman–Crippen LogP) is 2.53. The molecule has 0 saturated carbocycles. The minimum Gasteiger partial charge on any atom is -0.381 e. The minimum atomic E-state index is 0.174. The number of likely N-dealkylation sites (N-methyl/N-ethyl adjacent to an activating group) is 1. The standard InChI is InChI=1S/C17H36N2O2/c1-6-19(10-13-20-7-2)15-17(8-11-21-12-9-17)14-18-16(3,4)5/h18H,6-15H2,1-5H3. The number of nitrogens with one attached hydrogen (secondary N) is 1. The molecule has 0 aromatic heterocycles. The lowest BCUT2D eigenvalue weighted by Crippen LogP contribution is -2.51. The molecule has 0 aliphatic carbocycles. The second kappa shape index (κ2) is 9.09. The van der Waals surface area contributed by atoms with Gasteiger partial charge in [0.25, 0.3) is 0 Å². The molecule has 21 heavy (non-hydrogen) atoms. The molecule has 1 aliphatic rings. The summed E-state index contributed by atoms with van der Waals surface area (Å²) in [4.78, 5) is 2.53. The Morgan fingerprint density at radius 2 is 1.86 bits per heavy atom. The fourth-order valence-corrected chi connectivity index (χ4v) is 2.81. The van der Waals surface area contributed by atoms with Gasteiger partial charge in [-0.2, -0.15) is 0 Å². The Kier molecular flexibility index (Phi) is 8.17. The Morgan fingerprint density at radius 1 is 1.19 bits per heavy atom. The maximum Gasteiger partial charge on any atom is 0.0593 e. The van der Waals surface area contributed by atoms with Crippen molar-refractivity contribution >= 4 is 0 Å². The lowest BCUT2D eigenvalue weighted by molar-refractivity contribution is -0.0104. The summed E-state index contributed by atoms with van der Waals surface area (Å²) in [5.41, 5.74) is 0.515. The number of nitrogens with zero attached hydrogens (tertiary/aromatic N) is 1. The van der Waals surface area contributed by atoms with Crippen LogP contribution in [0.15, 0.2) is 0 Å². The molecule has 0 radical (unpaired) electrons. The number of hydrogen-bond donors (Lipinski definition) is 1. The van der Waals surface area contributed by atoms with Crippen LogP contribution < -0.4 is 5.32 Å². The molecule has 0 unspecified atom stereocenters. The van der Waals surface area contributed by atoms with Crippen molar-refractivity contribution in [3.63, 3.8) is 0 Å². The van der Waals surface area contributed by atoms with Gasteiger partial charge in [0, 0.05) is 45.0 Å². The van der Waals surface area contributed by atoms with E-state index in [0.29, 0.717) is 5.41 Å². The van der Waals surface area contributed by atoms with Crippen LogP contribution >= 0.6 is 0 Å². The van der Waals surface area contributed by atoms with Crippen LogP contribution in [0.2, 0.25) is 0 Å². The SMILES string of the molecule is CCOCCN(CC)CC1(CNC(C)(C)C)CCOCC1. The van der Waals surface area contributed by atoms with Crippen molar-refractivity contribution in [3.8, 4) is 0 Å². The largest absolute Gasteiger partial charge is 0.381 e. The zero-order chi connectivity index (χ0) is 15.8. The van der Waals surface area contributed by atoms with Crippen molar-refractivity contribution in [2.45, 2.75) is 53.0 Å². The van der Waals surface area contributed by atoms with E-state index >= 15 is 0 Å². The van der Waals surface area contributed by atoms with Gasteiger partial charge in [-0.15, -0.1) is 0 Å². The third-order valence-electron chi connectivity index (χ3n) is 4.31. The van der Waals surface area contributed by atoms with Gasteiger partial charge in [0.05, 0.1) is 6.61 Å². The monoisotopic (exact) mass is 300 g/mol. The van der Waals surface area contributed by atoms with Crippen molar-refractivity contribution in [2.75, 3.05) is 52.6 Å². The molecule has 0 bridgehead atoms. The quantitative estimate of drug-likeness (QED) is 0.664. The number of hydrogen-bond acceptors (Lipinski definition) is 4. The molecule has 1 fully saturated rings. The summed E-state index contributed by atoms with van der Waals surface area (Å²) in [6.45, 7) is 18.8. The number of rotatable bonds is 9. The van der Waals surface area contributed by atoms with E-state index in [1.807, 2.05) is 0 Å². The summed E-state index contributed by atoms with van der Waals surface area (Å²) in [7, 11) is 0. The van der Waals surface area contributed by atoms with E-state index in [2.05, 4.69) is 44.8 Å². The molecule has 4 heteroatoms. The first-order valence-electron chi connectivity index (χ1n) is 8.54. The Labute approximate surface area is 131 Å². The summed E-state index contributed by atoms with van der Waals surface area (Å²) in [5, 5.41) is 3.72. The average molecular weight is 300 g/mol. The lowest BCUT2D eigenvalue weighted by Gasteiger charge is -2.42.